The summed E-state index contributed by atoms with van der Waals surface area (Å²) in [5.74, 6) is 2.35. The molecule has 2 aliphatic rings. The van der Waals surface area contributed by atoms with Gasteiger partial charge in [0, 0.05) is 48.8 Å². The van der Waals surface area contributed by atoms with Crippen LogP contribution >= 0.6 is 0 Å². The van der Waals surface area contributed by atoms with Crippen molar-refractivity contribution in [1.82, 2.24) is 34.8 Å². The van der Waals surface area contributed by atoms with Crippen LogP contribution in [0.4, 0.5) is 5.95 Å². The van der Waals surface area contributed by atoms with E-state index >= 15 is 0 Å². The summed E-state index contributed by atoms with van der Waals surface area (Å²) >= 11 is 0. The molecule has 3 aromatic heterocycles. The highest BCUT2D eigenvalue weighted by Gasteiger charge is 2.43. The number of rotatable bonds is 6. The maximum absolute atomic E-state index is 6.11. The number of aromatic nitrogens is 6. The van der Waals surface area contributed by atoms with Crippen molar-refractivity contribution < 1.29 is 4.74 Å². The molecule has 9 heteroatoms. The highest BCUT2D eigenvalue weighted by molar-refractivity contribution is 5.39. The largest absolute Gasteiger partial charge is 0.361 e. The fraction of sp³-hybridized carbons (Fsp3) is 0.500. The van der Waals surface area contributed by atoms with Crippen LogP contribution in [-0.2, 0) is 11.3 Å². The van der Waals surface area contributed by atoms with Gasteiger partial charge in [0.05, 0.1) is 25.7 Å². The van der Waals surface area contributed by atoms with Gasteiger partial charge in [0.25, 0.3) is 0 Å². The van der Waals surface area contributed by atoms with Crippen LogP contribution in [0.15, 0.2) is 30.7 Å². The molecule has 9 nitrogen and oxygen atoms in total. The maximum atomic E-state index is 6.11. The maximum Gasteiger partial charge on any atom is 0.226 e. The van der Waals surface area contributed by atoms with Gasteiger partial charge < -0.3 is 9.64 Å². The van der Waals surface area contributed by atoms with Crippen LogP contribution in [0.1, 0.15) is 28.9 Å². The average molecular weight is 421 g/mol. The topological polar surface area (TPSA) is 85.1 Å². The second kappa shape index (κ2) is 8.32. The Morgan fingerprint density at radius 3 is 2.71 bits per heavy atom. The Morgan fingerprint density at radius 2 is 1.94 bits per heavy atom. The number of piperidine rings is 1. The first kappa shape index (κ1) is 20.0. The van der Waals surface area contributed by atoms with Crippen molar-refractivity contribution in [2.24, 2.45) is 5.92 Å². The van der Waals surface area contributed by atoms with E-state index in [0.717, 1.165) is 59.8 Å². The molecular formula is C22H28N8O. The Kier molecular flexibility index (Phi) is 5.37. The second-order valence-corrected chi connectivity index (χ2v) is 8.62. The molecule has 2 unspecified atom stereocenters. The molecule has 2 atom stereocenters. The summed E-state index contributed by atoms with van der Waals surface area (Å²) < 4.78 is 7.79. The lowest BCUT2D eigenvalue weighted by Gasteiger charge is -2.53. The molecule has 2 fully saturated rings. The van der Waals surface area contributed by atoms with Gasteiger partial charge in [0.1, 0.15) is 0 Å². The van der Waals surface area contributed by atoms with Crippen LogP contribution in [-0.4, -0.2) is 67.3 Å². The smallest absolute Gasteiger partial charge is 0.226 e. The summed E-state index contributed by atoms with van der Waals surface area (Å²) in [7, 11) is 0. The molecule has 31 heavy (non-hydrogen) atoms. The van der Waals surface area contributed by atoms with Gasteiger partial charge in [-0.15, -0.1) is 5.10 Å². The number of fused-ring (bicyclic) bond motifs is 1. The standard InChI is InChI=1S/C22H28N8O/c1-15-8-19(21(23-10-15)30-7-5-24-27-30)13-31-14-28-6-4-18-11-29(20(18)12-28)22-25-16(2)9-17(3)26-22/h5,7-10,18,20H,4,6,11-14H2,1-3H3. The van der Waals surface area contributed by atoms with E-state index in [1.807, 2.05) is 33.0 Å². The number of nitrogens with zero attached hydrogens (tertiary/aromatic N) is 8. The number of hydrogen-bond acceptors (Lipinski definition) is 8. The summed E-state index contributed by atoms with van der Waals surface area (Å²) in [6, 6.07) is 4.58. The van der Waals surface area contributed by atoms with Gasteiger partial charge in [-0.1, -0.05) is 5.21 Å². The summed E-state index contributed by atoms with van der Waals surface area (Å²) in [4.78, 5) is 18.6. The van der Waals surface area contributed by atoms with Crippen molar-refractivity contribution in [3.05, 3.63) is 53.2 Å². The zero-order valence-corrected chi connectivity index (χ0v) is 18.3. The number of ether oxygens (including phenoxy) is 1. The predicted molar refractivity (Wildman–Crippen MR) is 116 cm³/mol. The van der Waals surface area contributed by atoms with Gasteiger partial charge >= 0.3 is 0 Å². The lowest BCUT2D eigenvalue weighted by molar-refractivity contribution is -0.0137. The number of aryl methyl sites for hydroxylation is 3. The summed E-state index contributed by atoms with van der Waals surface area (Å²) in [6.07, 6.45) is 6.48. The Hall–Kier alpha value is -2.91. The molecule has 0 N–H and O–H groups in total. The van der Waals surface area contributed by atoms with Crippen LogP contribution in [0, 0.1) is 26.7 Å². The van der Waals surface area contributed by atoms with E-state index in [4.69, 9.17) is 4.74 Å². The second-order valence-electron chi connectivity index (χ2n) is 8.62. The lowest BCUT2D eigenvalue weighted by atomic mass is 9.83. The van der Waals surface area contributed by atoms with Crippen LogP contribution in [0.3, 0.4) is 0 Å². The van der Waals surface area contributed by atoms with E-state index in [1.165, 1.54) is 6.42 Å². The lowest BCUT2D eigenvalue weighted by Crippen LogP contribution is -2.65. The first-order valence-electron chi connectivity index (χ1n) is 10.8. The Labute approximate surface area is 182 Å². The minimum atomic E-state index is 0.463. The normalized spacial score (nSPS) is 21.1. The number of anilines is 1. The van der Waals surface area contributed by atoms with Crippen molar-refractivity contribution in [3.8, 4) is 5.82 Å². The average Bonchev–Trinajstić information content (AvgIpc) is 3.24. The van der Waals surface area contributed by atoms with Gasteiger partial charge in [0.15, 0.2) is 5.82 Å². The molecule has 0 radical (unpaired) electrons. The fourth-order valence-electron chi connectivity index (χ4n) is 4.59. The van der Waals surface area contributed by atoms with Crippen LogP contribution < -0.4 is 4.90 Å². The monoisotopic (exact) mass is 420 g/mol. The van der Waals surface area contributed by atoms with Crippen LogP contribution in [0.2, 0.25) is 0 Å². The number of hydrogen-bond donors (Lipinski definition) is 0. The Bertz CT molecular complexity index is 1030. The molecule has 5 heterocycles. The quantitative estimate of drug-likeness (QED) is 0.599. The van der Waals surface area contributed by atoms with Crippen molar-refractivity contribution in [2.45, 2.75) is 39.8 Å². The van der Waals surface area contributed by atoms with E-state index in [2.05, 4.69) is 41.1 Å². The highest BCUT2D eigenvalue weighted by Crippen LogP contribution is 2.35. The summed E-state index contributed by atoms with van der Waals surface area (Å²) in [5, 5.41) is 7.96. The molecule has 0 bridgehead atoms. The minimum Gasteiger partial charge on any atom is -0.361 e. The Morgan fingerprint density at radius 1 is 1.10 bits per heavy atom. The summed E-state index contributed by atoms with van der Waals surface area (Å²) in [6.45, 7) is 10.3. The third-order valence-electron chi connectivity index (χ3n) is 6.11. The molecule has 0 amide bonds. The molecule has 5 rings (SSSR count). The zero-order chi connectivity index (χ0) is 21.4. The molecule has 0 spiro atoms. The molecule has 2 saturated heterocycles. The predicted octanol–water partition coefficient (Wildman–Crippen LogP) is 2.06. The van der Waals surface area contributed by atoms with Crippen molar-refractivity contribution in [3.63, 3.8) is 0 Å². The highest BCUT2D eigenvalue weighted by atomic mass is 16.5. The first-order valence-corrected chi connectivity index (χ1v) is 10.8. The van der Waals surface area contributed by atoms with E-state index in [1.54, 1.807) is 17.1 Å². The molecule has 162 valence electrons. The molecular weight excluding hydrogens is 392 g/mol. The molecule has 0 aliphatic carbocycles. The van der Waals surface area contributed by atoms with Crippen molar-refractivity contribution in [2.75, 3.05) is 31.3 Å². The van der Waals surface area contributed by atoms with Gasteiger partial charge in [-0.25, -0.2) is 19.6 Å². The van der Waals surface area contributed by atoms with Gasteiger partial charge in [0.2, 0.25) is 5.95 Å². The molecule has 0 saturated carbocycles. The van der Waals surface area contributed by atoms with E-state index in [0.29, 0.717) is 19.4 Å². The zero-order valence-electron chi connectivity index (χ0n) is 18.3. The van der Waals surface area contributed by atoms with E-state index < -0.39 is 0 Å². The molecule has 0 aromatic carbocycles. The third kappa shape index (κ3) is 4.15. The van der Waals surface area contributed by atoms with Gasteiger partial charge in [-0.3, -0.25) is 4.90 Å². The molecule has 3 aromatic rings. The third-order valence-corrected chi connectivity index (χ3v) is 6.11. The number of pyridine rings is 1. The first-order chi connectivity index (χ1) is 15.1. The minimum absolute atomic E-state index is 0.463. The SMILES string of the molecule is Cc1cnc(-n2ccnn2)c(COCN2CCC3CN(c4nc(C)cc(C)n4)C3C2)c1. The van der Waals surface area contributed by atoms with Crippen LogP contribution in [0.5, 0.6) is 0 Å². The summed E-state index contributed by atoms with van der Waals surface area (Å²) in [5.41, 5.74) is 4.16. The molecule has 2 aliphatic heterocycles. The fourth-order valence-corrected chi connectivity index (χ4v) is 4.59. The van der Waals surface area contributed by atoms with Gasteiger partial charge in [-0.2, -0.15) is 0 Å². The van der Waals surface area contributed by atoms with Gasteiger partial charge in [-0.05, 0) is 50.8 Å². The van der Waals surface area contributed by atoms with E-state index in [9.17, 15) is 0 Å². The van der Waals surface area contributed by atoms with Crippen molar-refractivity contribution in [1.29, 1.82) is 0 Å². The number of likely N-dealkylation sites (tertiary alicyclic amines) is 1. The van der Waals surface area contributed by atoms with E-state index in [-0.39, 0.29) is 0 Å². The Balaban J connectivity index is 1.20. The van der Waals surface area contributed by atoms with Crippen molar-refractivity contribution >= 4 is 5.95 Å². The van der Waals surface area contributed by atoms with Crippen LogP contribution in [0.25, 0.3) is 5.82 Å².